The molecule has 2 rings (SSSR count). The molecule has 1 aromatic heterocycles. The van der Waals surface area contributed by atoms with Gasteiger partial charge in [-0.3, -0.25) is 0 Å². The maximum absolute atomic E-state index is 4.66. The Morgan fingerprint density at radius 1 is 1.22 bits per heavy atom. The van der Waals surface area contributed by atoms with E-state index in [0.717, 1.165) is 23.9 Å². The number of aliphatic imine (C=N–C) groups is 1. The summed E-state index contributed by atoms with van der Waals surface area (Å²) in [6.45, 7) is 8.58. The van der Waals surface area contributed by atoms with E-state index in [1.165, 1.54) is 16.0 Å². The zero-order valence-corrected chi connectivity index (χ0v) is 17.1. The first-order valence-electron chi connectivity index (χ1n) is 7.73. The SMILES string of the molecule is CCNC(=NCc1ccccc1C)NCc1ncc(CC)s1.I. The van der Waals surface area contributed by atoms with Crippen LogP contribution in [0.4, 0.5) is 0 Å². The first-order valence-corrected chi connectivity index (χ1v) is 8.54. The Hall–Kier alpha value is -1.15. The summed E-state index contributed by atoms with van der Waals surface area (Å²) in [7, 11) is 0. The molecule has 0 aliphatic carbocycles. The summed E-state index contributed by atoms with van der Waals surface area (Å²) < 4.78 is 0. The van der Waals surface area contributed by atoms with Crippen molar-refractivity contribution < 1.29 is 0 Å². The van der Waals surface area contributed by atoms with Gasteiger partial charge in [-0.1, -0.05) is 31.2 Å². The number of aryl methyl sites for hydroxylation is 2. The van der Waals surface area contributed by atoms with Gasteiger partial charge in [-0.15, -0.1) is 35.3 Å². The molecule has 0 unspecified atom stereocenters. The molecule has 0 aliphatic rings. The largest absolute Gasteiger partial charge is 0.357 e. The lowest BCUT2D eigenvalue weighted by Gasteiger charge is -2.10. The molecule has 0 amide bonds. The van der Waals surface area contributed by atoms with Crippen molar-refractivity contribution in [3.05, 3.63) is 51.5 Å². The molecule has 0 saturated carbocycles. The average Bonchev–Trinajstić information content (AvgIpc) is 2.99. The van der Waals surface area contributed by atoms with Crippen LogP contribution in [0.3, 0.4) is 0 Å². The number of rotatable bonds is 6. The van der Waals surface area contributed by atoms with Crippen LogP contribution < -0.4 is 10.6 Å². The van der Waals surface area contributed by atoms with Crippen LogP contribution in [-0.2, 0) is 19.5 Å². The number of halogens is 1. The minimum absolute atomic E-state index is 0. The summed E-state index contributed by atoms with van der Waals surface area (Å²) in [5.74, 6) is 0.832. The molecular formula is C17H25IN4S. The minimum Gasteiger partial charge on any atom is -0.357 e. The summed E-state index contributed by atoms with van der Waals surface area (Å²) in [6.07, 6.45) is 3.00. The van der Waals surface area contributed by atoms with Crippen molar-refractivity contribution in [1.29, 1.82) is 0 Å². The van der Waals surface area contributed by atoms with Crippen molar-refractivity contribution in [3.8, 4) is 0 Å². The zero-order chi connectivity index (χ0) is 15.8. The summed E-state index contributed by atoms with van der Waals surface area (Å²) in [5.41, 5.74) is 2.52. The van der Waals surface area contributed by atoms with Crippen molar-refractivity contribution in [3.63, 3.8) is 0 Å². The van der Waals surface area contributed by atoms with Crippen LogP contribution in [-0.4, -0.2) is 17.5 Å². The molecule has 0 aliphatic heterocycles. The molecule has 6 heteroatoms. The van der Waals surface area contributed by atoms with Gasteiger partial charge in [0, 0.05) is 17.6 Å². The standard InChI is InChI=1S/C17H24N4S.HI/c1-4-15-11-19-16(22-15)12-21-17(18-5-2)20-10-14-9-7-6-8-13(14)3;/h6-9,11H,4-5,10,12H2,1-3H3,(H2,18,20,21);1H. The Labute approximate surface area is 159 Å². The lowest BCUT2D eigenvalue weighted by molar-refractivity contribution is 0.811. The highest BCUT2D eigenvalue weighted by molar-refractivity contribution is 14.0. The molecule has 126 valence electrons. The highest BCUT2D eigenvalue weighted by atomic mass is 127. The molecule has 1 aromatic carbocycles. The lowest BCUT2D eigenvalue weighted by Crippen LogP contribution is -2.36. The van der Waals surface area contributed by atoms with Gasteiger partial charge in [-0.25, -0.2) is 9.98 Å². The van der Waals surface area contributed by atoms with E-state index in [1.807, 2.05) is 6.20 Å². The molecule has 0 spiro atoms. The predicted molar refractivity (Wildman–Crippen MR) is 110 cm³/mol. The van der Waals surface area contributed by atoms with E-state index in [1.54, 1.807) is 11.3 Å². The number of thiazole rings is 1. The van der Waals surface area contributed by atoms with Gasteiger partial charge in [-0.2, -0.15) is 0 Å². The van der Waals surface area contributed by atoms with Crippen LogP contribution in [0.1, 0.15) is 34.9 Å². The topological polar surface area (TPSA) is 49.3 Å². The number of guanidine groups is 1. The van der Waals surface area contributed by atoms with E-state index in [2.05, 4.69) is 65.6 Å². The maximum atomic E-state index is 4.66. The van der Waals surface area contributed by atoms with Crippen LogP contribution >= 0.6 is 35.3 Å². The third kappa shape index (κ3) is 6.47. The van der Waals surface area contributed by atoms with Crippen LogP contribution in [0, 0.1) is 6.92 Å². The van der Waals surface area contributed by atoms with Gasteiger partial charge in [-0.05, 0) is 31.4 Å². The van der Waals surface area contributed by atoms with Gasteiger partial charge in [0.05, 0.1) is 13.1 Å². The van der Waals surface area contributed by atoms with Crippen molar-refractivity contribution >= 4 is 41.3 Å². The fourth-order valence-electron chi connectivity index (χ4n) is 2.05. The van der Waals surface area contributed by atoms with Gasteiger partial charge in [0.25, 0.3) is 0 Å². The molecule has 2 aromatic rings. The molecule has 0 bridgehead atoms. The number of nitrogens with zero attached hydrogens (tertiary/aromatic N) is 2. The maximum Gasteiger partial charge on any atom is 0.191 e. The molecule has 0 saturated heterocycles. The fourth-order valence-corrected chi connectivity index (χ4v) is 2.85. The van der Waals surface area contributed by atoms with Gasteiger partial charge in [0.1, 0.15) is 5.01 Å². The minimum atomic E-state index is 0. The molecule has 1 heterocycles. The van der Waals surface area contributed by atoms with E-state index in [4.69, 9.17) is 0 Å². The molecule has 23 heavy (non-hydrogen) atoms. The van der Waals surface area contributed by atoms with Gasteiger partial charge in [0.15, 0.2) is 5.96 Å². The van der Waals surface area contributed by atoms with E-state index < -0.39 is 0 Å². The van der Waals surface area contributed by atoms with Gasteiger partial charge >= 0.3 is 0 Å². The van der Waals surface area contributed by atoms with Crippen LogP contribution in [0.15, 0.2) is 35.5 Å². The molecule has 0 radical (unpaired) electrons. The Balaban J connectivity index is 0.00000264. The molecular weight excluding hydrogens is 419 g/mol. The number of hydrogen-bond acceptors (Lipinski definition) is 3. The highest BCUT2D eigenvalue weighted by Crippen LogP contribution is 2.13. The van der Waals surface area contributed by atoms with E-state index in [9.17, 15) is 0 Å². The summed E-state index contributed by atoms with van der Waals surface area (Å²) >= 11 is 1.75. The quantitative estimate of drug-likeness (QED) is 0.404. The Morgan fingerprint density at radius 2 is 2.00 bits per heavy atom. The smallest absolute Gasteiger partial charge is 0.191 e. The summed E-state index contributed by atoms with van der Waals surface area (Å²) in [5, 5.41) is 7.73. The number of hydrogen-bond donors (Lipinski definition) is 2. The number of aromatic nitrogens is 1. The monoisotopic (exact) mass is 444 g/mol. The third-order valence-corrected chi connectivity index (χ3v) is 4.51. The molecule has 0 atom stereocenters. The average molecular weight is 444 g/mol. The normalized spacial score (nSPS) is 11.0. The molecule has 4 nitrogen and oxygen atoms in total. The van der Waals surface area contributed by atoms with Crippen LogP contribution in [0.5, 0.6) is 0 Å². The predicted octanol–water partition coefficient (Wildman–Crippen LogP) is 3.89. The van der Waals surface area contributed by atoms with E-state index in [-0.39, 0.29) is 24.0 Å². The second-order valence-electron chi connectivity index (χ2n) is 5.05. The van der Waals surface area contributed by atoms with Gasteiger partial charge in [0.2, 0.25) is 0 Å². The number of nitrogens with one attached hydrogen (secondary N) is 2. The second-order valence-corrected chi connectivity index (χ2v) is 6.25. The summed E-state index contributed by atoms with van der Waals surface area (Å²) in [4.78, 5) is 10.4. The van der Waals surface area contributed by atoms with Crippen molar-refractivity contribution in [2.24, 2.45) is 4.99 Å². The van der Waals surface area contributed by atoms with Gasteiger partial charge < -0.3 is 10.6 Å². The first-order chi connectivity index (χ1) is 10.7. The van der Waals surface area contributed by atoms with E-state index in [0.29, 0.717) is 13.1 Å². The highest BCUT2D eigenvalue weighted by Gasteiger charge is 2.03. The Bertz CT molecular complexity index is 625. The third-order valence-electron chi connectivity index (χ3n) is 3.37. The Kier molecular flexibility index (Phi) is 9.16. The van der Waals surface area contributed by atoms with Crippen molar-refractivity contribution in [2.75, 3.05) is 6.54 Å². The Morgan fingerprint density at radius 3 is 2.65 bits per heavy atom. The number of benzene rings is 1. The first kappa shape index (κ1) is 19.9. The lowest BCUT2D eigenvalue weighted by atomic mass is 10.1. The molecule has 0 fully saturated rings. The fraction of sp³-hybridized carbons (Fsp3) is 0.412. The van der Waals surface area contributed by atoms with Crippen LogP contribution in [0.25, 0.3) is 0 Å². The summed E-state index contributed by atoms with van der Waals surface area (Å²) in [6, 6.07) is 8.35. The van der Waals surface area contributed by atoms with Crippen molar-refractivity contribution in [1.82, 2.24) is 15.6 Å². The van der Waals surface area contributed by atoms with E-state index >= 15 is 0 Å². The molecule has 2 N–H and O–H groups in total. The van der Waals surface area contributed by atoms with Crippen molar-refractivity contribution in [2.45, 2.75) is 40.3 Å². The second kappa shape index (κ2) is 10.6. The van der Waals surface area contributed by atoms with Crippen LogP contribution in [0.2, 0.25) is 0 Å². The zero-order valence-electron chi connectivity index (χ0n) is 13.9.